The Labute approximate surface area is 195 Å². The molecule has 0 bridgehead atoms. The van der Waals surface area contributed by atoms with Crippen LogP contribution >= 0.6 is 31.9 Å². The summed E-state index contributed by atoms with van der Waals surface area (Å²) < 4.78 is 23.1. The van der Waals surface area contributed by atoms with Crippen molar-refractivity contribution in [2.75, 3.05) is 27.9 Å². The standard InChI is InChI=1S/C21H19Br2N3O5/c1-28-16-7-12(8-17(29-2)21(16)30-3)10-25-26-18(27)11-31-20-15(23)9-14(22)13-5-4-6-24-19(13)20/h4-10H,11H2,1-3H3,(H,26,27)/b25-10+. The third-order valence-corrected chi connectivity index (χ3v) is 5.43. The van der Waals surface area contributed by atoms with E-state index >= 15 is 0 Å². The predicted molar refractivity (Wildman–Crippen MR) is 124 cm³/mol. The molecule has 10 heteroatoms. The lowest BCUT2D eigenvalue weighted by Crippen LogP contribution is -2.24. The highest BCUT2D eigenvalue weighted by Crippen LogP contribution is 2.38. The molecular formula is C21H19Br2N3O5. The lowest BCUT2D eigenvalue weighted by atomic mass is 10.2. The molecule has 0 saturated heterocycles. The maximum absolute atomic E-state index is 12.2. The average molecular weight is 553 g/mol. The molecule has 1 amide bonds. The molecule has 0 aliphatic rings. The van der Waals surface area contributed by atoms with E-state index in [1.165, 1.54) is 27.5 Å². The number of ether oxygens (including phenoxy) is 4. The van der Waals surface area contributed by atoms with Gasteiger partial charge in [-0.2, -0.15) is 5.10 Å². The summed E-state index contributed by atoms with van der Waals surface area (Å²) in [5.41, 5.74) is 3.72. The zero-order chi connectivity index (χ0) is 22.4. The number of benzene rings is 2. The van der Waals surface area contributed by atoms with Crippen molar-refractivity contribution >= 4 is 54.9 Å². The van der Waals surface area contributed by atoms with Gasteiger partial charge in [0, 0.05) is 21.6 Å². The Balaban J connectivity index is 1.68. The molecule has 0 saturated carbocycles. The quantitative estimate of drug-likeness (QED) is 0.331. The number of amides is 1. The fourth-order valence-electron chi connectivity index (χ4n) is 2.81. The number of halogens is 2. The second-order valence-corrected chi connectivity index (χ2v) is 7.82. The highest BCUT2D eigenvalue weighted by Gasteiger charge is 2.14. The number of fused-ring (bicyclic) bond motifs is 1. The molecule has 0 aliphatic heterocycles. The fourth-order valence-corrected chi connectivity index (χ4v) is 4.20. The van der Waals surface area contributed by atoms with Crippen molar-refractivity contribution in [2.24, 2.45) is 5.10 Å². The number of aromatic nitrogens is 1. The number of rotatable bonds is 8. The Hall–Kier alpha value is -2.85. The van der Waals surface area contributed by atoms with Gasteiger partial charge in [-0.25, -0.2) is 5.43 Å². The van der Waals surface area contributed by atoms with Crippen LogP contribution in [0.4, 0.5) is 0 Å². The van der Waals surface area contributed by atoms with Crippen LogP contribution in [0.5, 0.6) is 23.0 Å². The predicted octanol–water partition coefficient (Wildman–Crippen LogP) is 4.31. The number of carbonyl (C=O) groups is 1. The summed E-state index contributed by atoms with van der Waals surface area (Å²) in [5, 5.41) is 4.84. The van der Waals surface area contributed by atoms with Crippen LogP contribution in [0.15, 0.2) is 50.6 Å². The van der Waals surface area contributed by atoms with Gasteiger partial charge in [0.2, 0.25) is 5.75 Å². The van der Waals surface area contributed by atoms with Gasteiger partial charge in [-0.1, -0.05) is 22.0 Å². The van der Waals surface area contributed by atoms with Crippen molar-refractivity contribution < 1.29 is 23.7 Å². The van der Waals surface area contributed by atoms with E-state index in [1.54, 1.807) is 18.3 Å². The molecule has 3 aromatic rings. The zero-order valence-electron chi connectivity index (χ0n) is 16.9. The Morgan fingerprint density at radius 2 is 1.77 bits per heavy atom. The number of nitrogens with zero attached hydrogens (tertiary/aromatic N) is 2. The number of carbonyl (C=O) groups excluding carboxylic acids is 1. The largest absolute Gasteiger partial charge is 0.493 e. The van der Waals surface area contributed by atoms with E-state index in [4.69, 9.17) is 18.9 Å². The van der Waals surface area contributed by atoms with Crippen LogP contribution in [0.2, 0.25) is 0 Å². The van der Waals surface area contributed by atoms with Crippen LogP contribution in [-0.2, 0) is 4.79 Å². The van der Waals surface area contributed by atoms with Crippen molar-refractivity contribution in [3.63, 3.8) is 0 Å². The molecule has 0 spiro atoms. The number of pyridine rings is 1. The van der Waals surface area contributed by atoms with Gasteiger partial charge in [-0.15, -0.1) is 0 Å². The molecule has 162 valence electrons. The van der Waals surface area contributed by atoms with Crippen LogP contribution in [0.3, 0.4) is 0 Å². The highest BCUT2D eigenvalue weighted by atomic mass is 79.9. The van der Waals surface area contributed by atoms with Crippen LogP contribution in [0, 0.1) is 0 Å². The van der Waals surface area contributed by atoms with Crippen LogP contribution < -0.4 is 24.4 Å². The summed E-state index contributed by atoms with van der Waals surface area (Å²) in [6, 6.07) is 9.01. The van der Waals surface area contributed by atoms with Crippen molar-refractivity contribution in [1.82, 2.24) is 10.4 Å². The first-order chi connectivity index (χ1) is 15.0. The minimum absolute atomic E-state index is 0.238. The average Bonchev–Trinajstić information content (AvgIpc) is 2.78. The molecule has 0 unspecified atom stereocenters. The number of hydrazone groups is 1. The molecule has 0 fully saturated rings. The van der Waals surface area contributed by atoms with Gasteiger partial charge in [0.05, 0.1) is 32.0 Å². The van der Waals surface area contributed by atoms with Crippen LogP contribution in [-0.4, -0.2) is 45.0 Å². The maximum Gasteiger partial charge on any atom is 0.277 e. The van der Waals surface area contributed by atoms with Gasteiger partial charge in [-0.05, 0) is 40.2 Å². The van der Waals surface area contributed by atoms with Gasteiger partial charge in [0.25, 0.3) is 5.91 Å². The van der Waals surface area contributed by atoms with Gasteiger partial charge < -0.3 is 18.9 Å². The molecule has 0 atom stereocenters. The molecule has 2 aromatic carbocycles. The van der Waals surface area contributed by atoms with Gasteiger partial charge in [0.15, 0.2) is 23.9 Å². The van der Waals surface area contributed by atoms with Crippen LogP contribution in [0.1, 0.15) is 5.56 Å². The molecule has 1 N–H and O–H groups in total. The summed E-state index contributed by atoms with van der Waals surface area (Å²) >= 11 is 6.95. The second-order valence-electron chi connectivity index (χ2n) is 6.11. The molecular weight excluding hydrogens is 534 g/mol. The van der Waals surface area contributed by atoms with Gasteiger partial charge >= 0.3 is 0 Å². The Morgan fingerprint density at radius 3 is 2.42 bits per heavy atom. The topological polar surface area (TPSA) is 91.3 Å². The van der Waals surface area contributed by atoms with Crippen molar-refractivity contribution in [1.29, 1.82) is 0 Å². The number of methoxy groups -OCH3 is 3. The van der Waals surface area contributed by atoms with E-state index in [1.807, 2.05) is 18.2 Å². The van der Waals surface area contributed by atoms with Crippen LogP contribution in [0.25, 0.3) is 10.9 Å². The molecule has 1 heterocycles. The second kappa shape index (κ2) is 10.5. The van der Waals surface area contributed by atoms with E-state index < -0.39 is 5.91 Å². The maximum atomic E-state index is 12.2. The van der Waals surface area contributed by atoms with Gasteiger partial charge in [0.1, 0.15) is 5.52 Å². The van der Waals surface area contributed by atoms with Gasteiger partial charge in [-0.3, -0.25) is 9.78 Å². The first kappa shape index (κ1) is 22.8. The summed E-state index contributed by atoms with van der Waals surface area (Å²) in [6.45, 7) is -0.238. The van der Waals surface area contributed by atoms with E-state index in [9.17, 15) is 4.79 Å². The first-order valence-corrected chi connectivity index (χ1v) is 10.5. The lowest BCUT2D eigenvalue weighted by molar-refractivity contribution is -0.123. The molecule has 0 aliphatic carbocycles. The highest BCUT2D eigenvalue weighted by molar-refractivity contribution is 9.11. The summed E-state index contributed by atoms with van der Waals surface area (Å²) in [5.74, 6) is 1.49. The number of nitrogens with one attached hydrogen (secondary N) is 1. The molecule has 0 radical (unpaired) electrons. The molecule has 31 heavy (non-hydrogen) atoms. The monoisotopic (exact) mass is 551 g/mol. The number of hydrogen-bond acceptors (Lipinski definition) is 7. The fraction of sp³-hybridized carbons (Fsp3) is 0.190. The number of hydrogen-bond donors (Lipinski definition) is 1. The Bertz CT molecular complexity index is 1110. The lowest BCUT2D eigenvalue weighted by Gasteiger charge is -2.12. The minimum Gasteiger partial charge on any atom is -0.493 e. The molecule has 3 rings (SSSR count). The summed E-state index contributed by atoms with van der Waals surface area (Å²) in [6.07, 6.45) is 3.13. The third-order valence-electron chi connectivity index (χ3n) is 4.19. The summed E-state index contributed by atoms with van der Waals surface area (Å²) in [4.78, 5) is 16.6. The van der Waals surface area contributed by atoms with E-state index in [2.05, 4.69) is 47.4 Å². The SMILES string of the molecule is COc1cc(/C=N/NC(=O)COc2c(Br)cc(Br)c3cccnc23)cc(OC)c1OC. The van der Waals surface area contributed by atoms with Crippen molar-refractivity contribution in [3.05, 3.63) is 51.0 Å². The molecule has 8 nitrogen and oxygen atoms in total. The Morgan fingerprint density at radius 1 is 1.06 bits per heavy atom. The smallest absolute Gasteiger partial charge is 0.277 e. The van der Waals surface area contributed by atoms with E-state index in [0.717, 1.165) is 9.86 Å². The zero-order valence-corrected chi connectivity index (χ0v) is 20.1. The van der Waals surface area contributed by atoms with E-state index in [-0.39, 0.29) is 6.61 Å². The van der Waals surface area contributed by atoms with E-state index in [0.29, 0.717) is 38.6 Å². The molecule has 1 aromatic heterocycles. The minimum atomic E-state index is -0.428. The normalized spacial score (nSPS) is 10.9. The van der Waals surface area contributed by atoms with Crippen molar-refractivity contribution in [2.45, 2.75) is 0 Å². The Kier molecular flexibility index (Phi) is 7.69. The van der Waals surface area contributed by atoms with Crippen molar-refractivity contribution in [3.8, 4) is 23.0 Å². The summed E-state index contributed by atoms with van der Waals surface area (Å²) in [7, 11) is 4.57. The first-order valence-electron chi connectivity index (χ1n) is 8.96. The third kappa shape index (κ3) is 5.26.